The van der Waals surface area contributed by atoms with Crippen LogP contribution < -0.4 is 20.1 Å². The second-order valence-corrected chi connectivity index (χ2v) is 7.04. The monoisotopic (exact) mass is 408 g/mol. The quantitative estimate of drug-likeness (QED) is 0.724. The number of carbonyl (C=O) groups excluding carboxylic acids is 1. The Morgan fingerprint density at radius 2 is 2.03 bits per heavy atom. The van der Waals surface area contributed by atoms with Gasteiger partial charge in [-0.15, -0.1) is 13.2 Å². The van der Waals surface area contributed by atoms with E-state index in [1.807, 2.05) is 12.1 Å². The molecule has 0 fully saturated rings. The van der Waals surface area contributed by atoms with Crippen molar-refractivity contribution in [3.05, 3.63) is 53.1 Å². The van der Waals surface area contributed by atoms with Crippen LogP contribution in [0.1, 0.15) is 29.2 Å². The van der Waals surface area contributed by atoms with Crippen molar-refractivity contribution in [2.24, 2.45) is 0 Å². The zero-order valence-electron chi connectivity index (χ0n) is 15.3. The van der Waals surface area contributed by atoms with Gasteiger partial charge in [-0.3, -0.25) is 0 Å². The van der Waals surface area contributed by atoms with Crippen LogP contribution in [0, 0.1) is 0 Å². The van der Waals surface area contributed by atoms with E-state index >= 15 is 0 Å². The predicted molar refractivity (Wildman–Crippen MR) is 98.0 cm³/mol. The molecule has 1 aliphatic heterocycles. The number of rotatable bonds is 3. The Balaban J connectivity index is 1.46. The number of carbonyl (C=O) groups is 1. The van der Waals surface area contributed by atoms with E-state index in [0.29, 0.717) is 30.5 Å². The van der Waals surface area contributed by atoms with Gasteiger partial charge in [0.1, 0.15) is 11.5 Å². The summed E-state index contributed by atoms with van der Waals surface area (Å²) in [5, 5.41) is 15.5. The number of anilines is 1. The SMILES string of the molecule is O=C(Nc1cccc2c1C[C@H](O)C2)N[C@H]1CCOc2cc(OC(F)(F)F)ccc21. The Labute approximate surface area is 164 Å². The molecule has 2 aromatic carbocycles. The highest BCUT2D eigenvalue weighted by molar-refractivity contribution is 5.90. The van der Waals surface area contributed by atoms with Crippen LogP contribution in [0.4, 0.5) is 23.7 Å². The molecule has 2 aromatic rings. The lowest BCUT2D eigenvalue weighted by molar-refractivity contribution is -0.274. The minimum Gasteiger partial charge on any atom is -0.493 e. The first kappa shape index (κ1) is 19.4. The molecule has 0 saturated carbocycles. The third-order valence-corrected chi connectivity index (χ3v) is 4.98. The molecular formula is C20H19F3N2O4. The van der Waals surface area contributed by atoms with E-state index in [0.717, 1.165) is 11.1 Å². The molecule has 1 heterocycles. The second kappa shape index (κ2) is 7.47. The first-order chi connectivity index (χ1) is 13.8. The molecule has 154 valence electrons. The van der Waals surface area contributed by atoms with Crippen LogP contribution in [-0.2, 0) is 12.8 Å². The summed E-state index contributed by atoms with van der Waals surface area (Å²) in [6.07, 6.45) is -3.72. The Morgan fingerprint density at radius 1 is 1.21 bits per heavy atom. The van der Waals surface area contributed by atoms with Crippen molar-refractivity contribution in [3.63, 3.8) is 0 Å². The summed E-state index contributed by atoms with van der Waals surface area (Å²) in [7, 11) is 0. The number of benzene rings is 2. The standard InChI is InChI=1S/C20H19F3N2O4/c21-20(22,23)29-13-4-5-14-17(6-7-28-18(14)10-13)25-19(27)24-16-3-1-2-11-8-12(26)9-15(11)16/h1-5,10,12,17,26H,6-9H2,(H2,24,25,27)/t12-,17+/m1/s1. The van der Waals surface area contributed by atoms with Crippen LogP contribution in [-0.4, -0.2) is 30.2 Å². The normalized spacial score (nSPS) is 20.3. The average molecular weight is 408 g/mol. The van der Waals surface area contributed by atoms with Crippen molar-refractivity contribution in [1.82, 2.24) is 5.32 Å². The molecule has 9 heteroatoms. The van der Waals surface area contributed by atoms with Gasteiger partial charge in [0.15, 0.2) is 0 Å². The maximum atomic E-state index is 12.5. The number of fused-ring (bicyclic) bond motifs is 2. The lowest BCUT2D eigenvalue weighted by atomic mass is 10.0. The van der Waals surface area contributed by atoms with E-state index in [9.17, 15) is 23.1 Å². The van der Waals surface area contributed by atoms with E-state index in [4.69, 9.17) is 4.74 Å². The zero-order valence-corrected chi connectivity index (χ0v) is 15.3. The molecule has 6 nitrogen and oxygen atoms in total. The van der Waals surface area contributed by atoms with Crippen LogP contribution in [0.2, 0.25) is 0 Å². The van der Waals surface area contributed by atoms with E-state index in [-0.39, 0.29) is 18.1 Å². The molecular weight excluding hydrogens is 389 g/mol. The summed E-state index contributed by atoms with van der Waals surface area (Å²) < 4.78 is 46.6. The van der Waals surface area contributed by atoms with Crippen molar-refractivity contribution >= 4 is 11.7 Å². The number of hydrogen-bond donors (Lipinski definition) is 3. The molecule has 0 unspecified atom stereocenters. The van der Waals surface area contributed by atoms with Gasteiger partial charge in [0.2, 0.25) is 0 Å². The summed E-state index contributed by atoms with van der Waals surface area (Å²) in [6, 6.07) is 8.47. The fraction of sp³-hybridized carbons (Fsp3) is 0.350. The number of aliphatic hydroxyl groups is 1. The van der Waals surface area contributed by atoms with Gasteiger partial charge in [0.25, 0.3) is 0 Å². The largest absolute Gasteiger partial charge is 0.573 e. The fourth-order valence-corrected chi connectivity index (χ4v) is 3.78. The minimum atomic E-state index is -4.79. The van der Waals surface area contributed by atoms with E-state index < -0.39 is 24.5 Å². The molecule has 29 heavy (non-hydrogen) atoms. The molecule has 0 saturated heterocycles. The van der Waals surface area contributed by atoms with Crippen molar-refractivity contribution in [1.29, 1.82) is 0 Å². The van der Waals surface area contributed by atoms with Gasteiger partial charge in [0.05, 0.1) is 18.8 Å². The molecule has 0 radical (unpaired) electrons. The Kier molecular flexibility index (Phi) is 4.99. The Bertz CT molecular complexity index is 932. The van der Waals surface area contributed by atoms with Crippen LogP contribution in [0.25, 0.3) is 0 Å². The number of nitrogens with one attached hydrogen (secondary N) is 2. The van der Waals surface area contributed by atoms with Gasteiger partial charge >= 0.3 is 12.4 Å². The van der Waals surface area contributed by atoms with Crippen molar-refractivity contribution in [2.45, 2.75) is 37.8 Å². The van der Waals surface area contributed by atoms with Crippen LogP contribution in [0.5, 0.6) is 11.5 Å². The minimum absolute atomic E-state index is 0.243. The first-order valence-electron chi connectivity index (χ1n) is 9.17. The fourth-order valence-electron chi connectivity index (χ4n) is 3.78. The van der Waals surface area contributed by atoms with E-state index in [1.54, 1.807) is 6.07 Å². The van der Waals surface area contributed by atoms with E-state index in [2.05, 4.69) is 15.4 Å². The smallest absolute Gasteiger partial charge is 0.493 e. The number of hydrogen-bond acceptors (Lipinski definition) is 4. The number of alkyl halides is 3. The molecule has 4 rings (SSSR count). The third-order valence-electron chi connectivity index (χ3n) is 4.98. The summed E-state index contributed by atoms with van der Waals surface area (Å²) >= 11 is 0. The predicted octanol–water partition coefficient (Wildman–Crippen LogP) is 3.69. The van der Waals surface area contributed by atoms with Gasteiger partial charge < -0.3 is 25.2 Å². The van der Waals surface area contributed by atoms with Crippen LogP contribution in [0.15, 0.2) is 36.4 Å². The maximum Gasteiger partial charge on any atom is 0.573 e. The molecule has 0 spiro atoms. The maximum absolute atomic E-state index is 12.5. The molecule has 2 amide bonds. The summed E-state index contributed by atoms with van der Waals surface area (Å²) in [4.78, 5) is 12.5. The number of aliphatic hydroxyl groups excluding tert-OH is 1. The Hall–Kier alpha value is -2.94. The lowest BCUT2D eigenvalue weighted by Gasteiger charge is -2.27. The summed E-state index contributed by atoms with van der Waals surface area (Å²) in [6.45, 7) is 0.250. The first-order valence-corrected chi connectivity index (χ1v) is 9.17. The number of ether oxygens (including phenoxy) is 2. The molecule has 0 bridgehead atoms. The van der Waals surface area contributed by atoms with Crippen molar-refractivity contribution in [3.8, 4) is 11.5 Å². The molecule has 0 aromatic heterocycles. The molecule has 3 N–H and O–H groups in total. The summed E-state index contributed by atoms with van der Waals surface area (Å²) in [5.41, 5.74) is 3.13. The second-order valence-electron chi connectivity index (χ2n) is 7.04. The van der Waals surface area contributed by atoms with Gasteiger partial charge in [-0.1, -0.05) is 12.1 Å². The average Bonchev–Trinajstić information content (AvgIpc) is 3.02. The van der Waals surface area contributed by atoms with Gasteiger partial charge in [-0.25, -0.2) is 4.79 Å². The van der Waals surface area contributed by atoms with Gasteiger partial charge in [0, 0.05) is 30.2 Å². The van der Waals surface area contributed by atoms with Gasteiger partial charge in [-0.05, 0) is 35.7 Å². The van der Waals surface area contributed by atoms with Gasteiger partial charge in [-0.2, -0.15) is 0 Å². The van der Waals surface area contributed by atoms with Crippen molar-refractivity contribution in [2.75, 3.05) is 11.9 Å². The van der Waals surface area contributed by atoms with Crippen LogP contribution >= 0.6 is 0 Å². The van der Waals surface area contributed by atoms with Crippen LogP contribution in [0.3, 0.4) is 0 Å². The highest BCUT2D eigenvalue weighted by Gasteiger charge is 2.32. The van der Waals surface area contributed by atoms with E-state index in [1.165, 1.54) is 18.2 Å². The Morgan fingerprint density at radius 3 is 2.83 bits per heavy atom. The third kappa shape index (κ3) is 4.40. The zero-order chi connectivity index (χ0) is 20.6. The number of halogens is 3. The number of urea groups is 1. The number of amides is 2. The highest BCUT2D eigenvalue weighted by Crippen LogP contribution is 2.36. The molecule has 1 aliphatic carbocycles. The highest BCUT2D eigenvalue weighted by atomic mass is 19.4. The topological polar surface area (TPSA) is 79.8 Å². The lowest BCUT2D eigenvalue weighted by Crippen LogP contribution is -2.35. The molecule has 2 aliphatic rings. The molecule has 2 atom stereocenters. The summed E-state index contributed by atoms with van der Waals surface area (Å²) in [5.74, 6) is -0.133. The van der Waals surface area contributed by atoms with Crippen molar-refractivity contribution < 1.29 is 32.5 Å².